The van der Waals surface area contributed by atoms with Gasteiger partial charge in [0.2, 0.25) is 11.8 Å². The fourth-order valence-corrected chi connectivity index (χ4v) is 3.95. The van der Waals surface area contributed by atoms with E-state index in [4.69, 9.17) is 0 Å². The fourth-order valence-electron chi connectivity index (χ4n) is 2.90. The molecule has 0 spiro atoms. The summed E-state index contributed by atoms with van der Waals surface area (Å²) in [6.07, 6.45) is 0. The molecule has 0 fully saturated rings. The smallest absolute Gasteiger partial charge is 0.304 e. The van der Waals surface area contributed by atoms with Crippen molar-refractivity contribution in [3.63, 3.8) is 0 Å². The second kappa shape index (κ2) is 10.4. The van der Waals surface area contributed by atoms with Crippen LogP contribution in [0.25, 0.3) is 0 Å². The van der Waals surface area contributed by atoms with Gasteiger partial charge in [0.1, 0.15) is 18.4 Å². The maximum atomic E-state index is 13.4. The first-order valence-electron chi connectivity index (χ1n) is 9.58. The van der Waals surface area contributed by atoms with Crippen LogP contribution in [0, 0.1) is 5.82 Å². The van der Waals surface area contributed by atoms with Gasteiger partial charge < -0.3 is 10.2 Å². The highest BCUT2D eigenvalue weighted by atomic mass is 32.2. The van der Waals surface area contributed by atoms with Crippen molar-refractivity contribution < 1.29 is 22.4 Å². The summed E-state index contributed by atoms with van der Waals surface area (Å²) in [4.78, 5) is 26.9. The molecule has 0 aliphatic heterocycles. The van der Waals surface area contributed by atoms with E-state index in [1.54, 1.807) is 6.92 Å². The van der Waals surface area contributed by atoms with Crippen LogP contribution in [0.5, 0.6) is 0 Å². The van der Waals surface area contributed by atoms with E-state index in [0.717, 1.165) is 26.3 Å². The van der Waals surface area contributed by atoms with Gasteiger partial charge >= 0.3 is 10.2 Å². The Kier molecular flexibility index (Phi) is 8.12. The molecule has 8 nitrogen and oxygen atoms in total. The third-order valence-corrected chi connectivity index (χ3v) is 6.56. The second-order valence-corrected chi connectivity index (χ2v) is 9.14. The lowest BCUT2D eigenvalue weighted by atomic mass is 10.1. The summed E-state index contributed by atoms with van der Waals surface area (Å²) >= 11 is 0. The first-order chi connectivity index (χ1) is 14.6. The molecule has 0 aliphatic carbocycles. The Morgan fingerprint density at radius 3 is 2.13 bits per heavy atom. The third kappa shape index (κ3) is 6.02. The molecule has 0 heterocycles. The van der Waals surface area contributed by atoms with Crippen LogP contribution >= 0.6 is 0 Å². The lowest BCUT2D eigenvalue weighted by Gasteiger charge is -2.32. The quantitative estimate of drug-likeness (QED) is 0.629. The molecule has 2 amide bonds. The van der Waals surface area contributed by atoms with Gasteiger partial charge in [-0.25, -0.2) is 8.70 Å². The maximum Gasteiger partial charge on any atom is 0.304 e. The normalized spacial score (nSPS) is 12.3. The van der Waals surface area contributed by atoms with E-state index in [-0.39, 0.29) is 18.1 Å². The van der Waals surface area contributed by atoms with Crippen molar-refractivity contribution in [2.45, 2.75) is 19.5 Å². The Balaban J connectivity index is 2.42. The number of hydrogen-bond acceptors (Lipinski definition) is 4. The van der Waals surface area contributed by atoms with Crippen LogP contribution in [-0.4, -0.2) is 63.2 Å². The predicted molar refractivity (Wildman–Crippen MR) is 117 cm³/mol. The number of carbonyl (C=O) groups excluding carboxylic acids is 2. The number of hydrogen-bond donors (Lipinski definition) is 1. The number of rotatable bonds is 9. The van der Waals surface area contributed by atoms with Gasteiger partial charge in [-0.3, -0.25) is 9.59 Å². The summed E-state index contributed by atoms with van der Waals surface area (Å²) in [5.74, 6) is -1.49. The van der Waals surface area contributed by atoms with E-state index in [0.29, 0.717) is 0 Å². The Morgan fingerprint density at radius 2 is 1.61 bits per heavy atom. The van der Waals surface area contributed by atoms with Crippen LogP contribution in [0.2, 0.25) is 0 Å². The van der Waals surface area contributed by atoms with Crippen molar-refractivity contribution in [1.29, 1.82) is 0 Å². The van der Waals surface area contributed by atoms with E-state index < -0.39 is 34.5 Å². The van der Waals surface area contributed by atoms with Crippen molar-refractivity contribution in [2.24, 2.45) is 0 Å². The summed E-state index contributed by atoms with van der Waals surface area (Å²) in [5.41, 5.74) is 0.922. The molecule has 1 N–H and O–H groups in total. The van der Waals surface area contributed by atoms with Crippen LogP contribution in [-0.2, 0) is 26.3 Å². The highest BCUT2D eigenvalue weighted by Gasteiger charge is 2.32. The van der Waals surface area contributed by atoms with E-state index in [1.807, 2.05) is 30.3 Å². The van der Waals surface area contributed by atoms with Gasteiger partial charge in [-0.15, -0.1) is 0 Å². The number of nitrogens with zero attached hydrogens (tertiary/aromatic N) is 3. The van der Waals surface area contributed by atoms with Gasteiger partial charge in [-0.05, 0) is 36.8 Å². The molecule has 2 aromatic carbocycles. The SMILES string of the molecule is CNC(=O)C(C)N(Cc1ccccc1)C(=O)CN(c1ccc(F)cc1)S(=O)(=O)N(C)C. The first kappa shape index (κ1) is 24.3. The molecule has 1 unspecified atom stereocenters. The van der Waals surface area contributed by atoms with E-state index in [2.05, 4.69) is 5.32 Å². The average molecular weight is 451 g/mol. The van der Waals surface area contributed by atoms with Crippen LogP contribution in [0.3, 0.4) is 0 Å². The minimum atomic E-state index is -4.06. The molecule has 168 valence electrons. The maximum absolute atomic E-state index is 13.4. The van der Waals surface area contributed by atoms with E-state index in [1.165, 1.54) is 38.2 Å². The average Bonchev–Trinajstić information content (AvgIpc) is 2.75. The molecule has 0 aliphatic rings. The van der Waals surface area contributed by atoms with Gasteiger partial charge in [-0.2, -0.15) is 12.7 Å². The molecule has 0 aromatic heterocycles. The lowest BCUT2D eigenvalue weighted by Crippen LogP contribution is -2.52. The fraction of sp³-hybridized carbons (Fsp3) is 0.333. The van der Waals surface area contributed by atoms with Crippen molar-refractivity contribution in [3.05, 3.63) is 66.0 Å². The zero-order valence-electron chi connectivity index (χ0n) is 17.9. The molecule has 31 heavy (non-hydrogen) atoms. The number of amides is 2. The molecule has 2 aromatic rings. The molecule has 0 saturated heterocycles. The number of halogens is 1. The number of anilines is 1. The van der Waals surface area contributed by atoms with Crippen LogP contribution in [0.15, 0.2) is 54.6 Å². The molecular formula is C21H27FN4O4S. The summed E-state index contributed by atoms with van der Waals surface area (Å²) < 4.78 is 41.0. The number of nitrogens with one attached hydrogen (secondary N) is 1. The Hall–Kier alpha value is -2.98. The zero-order chi connectivity index (χ0) is 23.2. The first-order valence-corrected chi connectivity index (χ1v) is 11.0. The Morgan fingerprint density at radius 1 is 1.03 bits per heavy atom. The van der Waals surface area contributed by atoms with Gasteiger partial charge in [0.25, 0.3) is 0 Å². The summed E-state index contributed by atoms with van der Waals surface area (Å²) in [7, 11) is 0.0790. The zero-order valence-corrected chi connectivity index (χ0v) is 18.8. The van der Waals surface area contributed by atoms with E-state index >= 15 is 0 Å². The Labute approximate surface area is 182 Å². The standard InChI is InChI=1S/C21H27FN4O4S/c1-16(21(28)23-2)25(14-17-8-6-5-7-9-17)20(27)15-26(31(29,30)24(3)4)19-12-10-18(22)11-13-19/h5-13,16H,14-15H2,1-4H3,(H,23,28). The molecule has 2 rings (SSSR count). The minimum absolute atomic E-state index is 0.119. The summed E-state index contributed by atoms with van der Waals surface area (Å²) in [6, 6.07) is 13.0. The summed E-state index contributed by atoms with van der Waals surface area (Å²) in [6.45, 7) is 1.14. The molecule has 0 radical (unpaired) electrons. The topological polar surface area (TPSA) is 90.0 Å². The largest absolute Gasteiger partial charge is 0.357 e. The van der Waals surface area contributed by atoms with Crippen LogP contribution < -0.4 is 9.62 Å². The van der Waals surface area contributed by atoms with Gasteiger partial charge in [-0.1, -0.05) is 30.3 Å². The highest BCUT2D eigenvalue weighted by Crippen LogP contribution is 2.21. The van der Waals surface area contributed by atoms with Gasteiger partial charge in [0.05, 0.1) is 5.69 Å². The monoisotopic (exact) mass is 450 g/mol. The van der Waals surface area contributed by atoms with E-state index in [9.17, 15) is 22.4 Å². The van der Waals surface area contributed by atoms with Crippen LogP contribution in [0.4, 0.5) is 10.1 Å². The minimum Gasteiger partial charge on any atom is -0.357 e. The summed E-state index contributed by atoms with van der Waals surface area (Å²) in [5, 5.41) is 2.51. The molecule has 0 saturated carbocycles. The van der Waals surface area contributed by atoms with Crippen molar-refractivity contribution in [3.8, 4) is 0 Å². The van der Waals surface area contributed by atoms with Gasteiger partial charge in [0, 0.05) is 27.7 Å². The third-order valence-electron chi connectivity index (χ3n) is 4.74. The highest BCUT2D eigenvalue weighted by molar-refractivity contribution is 7.90. The number of likely N-dealkylation sites (N-methyl/N-ethyl adjacent to an activating group) is 1. The number of benzene rings is 2. The molecule has 10 heteroatoms. The van der Waals surface area contributed by atoms with Crippen LogP contribution in [0.1, 0.15) is 12.5 Å². The lowest BCUT2D eigenvalue weighted by molar-refractivity contribution is -0.139. The van der Waals surface area contributed by atoms with Gasteiger partial charge in [0.15, 0.2) is 0 Å². The Bertz CT molecular complexity index is 998. The molecule has 0 bridgehead atoms. The molecular weight excluding hydrogens is 423 g/mol. The van der Waals surface area contributed by atoms with Crippen molar-refractivity contribution >= 4 is 27.7 Å². The predicted octanol–water partition coefficient (Wildman–Crippen LogP) is 1.60. The van der Waals surface area contributed by atoms with Crippen molar-refractivity contribution in [2.75, 3.05) is 32.0 Å². The van der Waals surface area contributed by atoms with Crippen molar-refractivity contribution in [1.82, 2.24) is 14.5 Å². The number of carbonyl (C=O) groups is 2. The molecule has 1 atom stereocenters. The second-order valence-electron chi connectivity index (χ2n) is 7.07.